The van der Waals surface area contributed by atoms with Crippen LogP contribution in [-0.4, -0.2) is 18.3 Å². The van der Waals surface area contributed by atoms with E-state index in [0.29, 0.717) is 0 Å². The molecule has 5 heteroatoms. The Bertz CT molecular complexity index is 6140. The van der Waals surface area contributed by atoms with Gasteiger partial charge in [0.15, 0.2) is 0 Å². The number of hydrogen-bond donors (Lipinski definition) is 0. The molecular weight excluding hydrogens is 1190 g/mol. The van der Waals surface area contributed by atoms with Gasteiger partial charge in [-0.3, -0.25) is 0 Å². The van der Waals surface area contributed by atoms with Gasteiger partial charge in [0.05, 0.1) is 44.1 Å². The molecule has 0 aliphatic rings. The summed E-state index contributed by atoms with van der Waals surface area (Å²) in [5.74, 6) is -0.236. The van der Waals surface area contributed by atoms with Gasteiger partial charge in [-0.15, -0.1) is 0 Å². The Morgan fingerprint density at radius 2 is 0.459 bits per heavy atom. The number of rotatable bonds is 8. The summed E-state index contributed by atoms with van der Waals surface area (Å²) in [4.78, 5) is 0. The number of para-hydroxylation sites is 4. The number of aromatic nitrogens is 4. The molecule has 4 nitrogen and oxygen atoms in total. The lowest BCUT2D eigenvalue weighted by atomic mass is 9.98. The van der Waals surface area contributed by atoms with Crippen molar-refractivity contribution in [2.24, 2.45) is 0 Å². The van der Waals surface area contributed by atoms with Gasteiger partial charge in [0, 0.05) is 65.8 Å². The van der Waals surface area contributed by atoms with E-state index in [1.165, 1.54) is 160 Å². The Labute approximate surface area is 565 Å². The highest BCUT2D eigenvalue weighted by atomic mass is 19.1. The van der Waals surface area contributed by atoms with Crippen molar-refractivity contribution in [2.45, 2.75) is 6.92 Å². The van der Waals surface area contributed by atoms with E-state index >= 15 is 0 Å². The molecule has 4 aromatic heterocycles. The third kappa shape index (κ3) is 9.50. The molecule has 0 N–H and O–H groups in total. The molecule has 20 aromatic rings. The summed E-state index contributed by atoms with van der Waals surface area (Å²) in [6.45, 7) is 2.14. The van der Waals surface area contributed by atoms with Crippen LogP contribution in [0.15, 0.2) is 352 Å². The molecule has 0 fully saturated rings. The van der Waals surface area contributed by atoms with E-state index in [9.17, 15) is 4.39 Å². The number of fused-ring (bicyclic) bond motifs is 14. The van der Waals surface area contributed by atoms with Crippen molar-refractivity contribution in [3.05, 3.63) is 363 Å². The zero-order valence-electron chi connectivity index (χ0n) is 53.7. The first-order valence-corrected chi connectivity index (χ1v) is 33.6. The maximum atomic E-state index is 13.9. The largest absolute Gasteiger partial charge is 0.309 e. The molecule has 0 aliphatic heterocycles. The predicted octanol–water partition coefficient (Wildman–Crippen LogP) is 25.2. The molecule has 0 amide bonds. The first-order chi connectivity index (χ1) is 48.4. The summed E-state index contributed by atoms with van der Waals surface area (Å²) in [7, 11) is 0. The molecule has 0 saturated carbocycles. The van der Waals surface area contributed by atoms with Gasteiger partial charge < -0.3 is 18.3 Å². The highest BCUT2D eigenvalue weighted by Gasteiger charge is 2.19. The van der Waals surface area contributed by atoms with Crippen molar-refractivity contribution in [2.75, 3.05) is 0 Å². The van der Waals surface area contributed by atoms with E-state index < -0.39 is 0 Å². The van der Waals surface area contributed by atoms with E-state index in [-0.39, 0.29) is 5.82 Å². The average Bonchev–Trinajstić information content (AvgIpc) is 1.61. The topological polar surface area (TPSA) is 19.7 Å². The van der Waals surface area contributed by atoms with Crippen molar-refractivity contribution in [3.63, 3.8) is 0 Å². The summed E-state index contributed by atoms with van der Waals surface area (Å²) in [6.07, 6.45) is 0. The van der Waals surface area contributed by atoms with Gasteiger partial charge in [-0.05, 0) is 194 Å². The van der Waals surface area contributed by atoms with Gasteiger partial charge in [-0.2, -0.15) is 0 Å². The van der Waals surface area contributed by atoms with E-state index in [4.69, 9.17) is 0 Å². The SMILES string of the molecule is Cc1ccc(-n2c3ccccc3c3ccc(-c4ccc(-c5ccc6c(c5)c5ccccc5n6-c5ccc6ccccc6c5)cc4)cc32)cc1.Fc1ccc(-n2c3ccccc3c3ccc(-c4ccc(-c5ccc6c(c5)c5ccccc5n6-c5ccc6ccccc6c5)cc4)cc32)cc1. The van der Waals surface area contributed by atoms with E-state index in [1.807, 2.05) is 12.1 Å². The molecule has 460 valence electrons. The highest BCUT2D eigenvalue weighted by Crippen LogP contribution is 2.42. The number of benzene rings is 16. The maximum Gasteiger partial charge on any atom is 0.123 e. The van der Waals surface area contributed by atoms with E-state index in [1.54, 1.807) is 0 Å². The molecule has 0 atom stereocenters. The van der Waals surface area contributed by atoms with Crippen LogP contribution in [0.5, 0.6) is 0 Å². The van der Waals surface area contributed by atoms with Crippen LogP contribution in [0.4, 0.5) is 4.39 Å². The number of hydrogen-bond acceptors (Lipinski definition) is 0. The highest BCUT2D eigenvalue weighted by molar-refractivity contribution is 6.14. The van der Waals surface area contributed by atoms with Crippen LogP contribution in [0.2, 0.25) is 0 Å². The number of aryl methyl sites for hydroxylation is 1. The lowest BCUT2D eigenvalue weighted by molar-refractivity contribution is 0.627. The third-order valence-electron chi connectivity index (χ3n) is 20.2. The van der Waals surface area contributed by atoms with Gasteiger partial charge in [-0.25, -0.2) is 4.39 Å². The second-order valence-electron chi connectivity index (χ2n) is 25.9. The Morgan fingerprint density at radius 3 is 0.857 bits per heavy atom. The quantitative estimate of drug-likeness (QED) is 0.144. The van der Waals surface area contributed by atoms with Gasteiger partial charge in [0.1, 0.15) is 5.82 Å². The standard InChI is InChI=1S/C47H32N2.C46H29FN2/c1-31-14-23-38(24-15-31)48-44-12-6-4-10-40(44)42-26-21-37(30-47(42)48)34-18-16-33(17-19-34)36-22-27-46-43(29-36)41-11-5-7-13-45(41)49(46)39-25-20-32-8-2-3-9-35(32)28-39;47-36-20-23-37(24-21-36)48-43-11-5-3-9-39(43)41-25-18-35(29-46(41)48)32-15-13-31(14-16-32)34-19-26-45-42(28-34)40-10-4-6-12-44(40)49(45)38-22-17-30-7-1-2-8-33(30)27-38/h2-30H,1H3;1-29H. The summed E-state index contributed by atoms with van der Waals surface area (Å²) in [5.41, 5.74) is 24.7. The van der Waals surface area contributed by atoms with Crippen LogP contribution < -0.4 is 0 Å². The van der Waals surface area contributed by atoms with Crippen molar-refractivity contribution < 1.29 is 4.39 Å². The lowest BCUT2D eigenvalue weighted by Gasteiger charge is -2.11. The molecule has 0 saturated heterocycles. The minimum atomic E-state index is -0.236. The summed E-state index contributed by atoms with van der Waals surface area (Å²) in [5, 5.41) is 14.9. The number of halogens is 1. The fourth-order valence-corrected chi connectivity index (χ4v) is 15.3. The Morgan fingerprint density at radius 1 is 0.184 bits per heavy atom. The molecule has 20 rings (SSSR count). The van der Waals surface area contributed by atoms with E-state index in [0.717, 1.165) is 33.5 Å². The molecule has 0 aliphatic carbocycles. The fraction of sp³-hybridized carbons (Fsp3) is 0.0108. The smallest absolute Gasteiger partial charge is 0.123 e. The molecule has 98 heavy (non-hydrogen) atoms. The average molecular weight is 1250 g/mol. The molecule has 4 heterocycles. The van der Waals surface area contributed by atoms with Crippen LogP contribution in [0, 0.1) is 12.7 Å². The molecule has 0 bridgehead atoms. The molecule has 0 unspecified atom stereocenters. The van der Waals surface area contributed by atoms with Gasteiger partial charge in [0.2, 0.25) is 0 Å². The van der Waals surface area contributed by atoms with Crippen LogP contribution in [-0.2, 0) is 0 Å². The first kappa shape index (κ1) is 56.7. The third-order valence-corrected chi connectivity index (χ3v) is 20.2. The van der Waals surface area contributed by atoms with Crippen molar-refractivity contribution in [3.8, 4) is 67.3 Å². The Hall–Kier alpha value is -12.8. The van der Waals surface area contributed by atoms with Crippen LogP contribution >= 0.6 is 0 Å². The van der Waals surface area contributed by atoms with Gasteiger partial charge >= 0.3 is 0 Å². The van der Waals surface area contributed by atoms with E-state index in [2.05, 4.69) is 353 Å². The van der Waals surface area contributed by atoms with Crippen molar-refractivity contribution in [1.82, 2.24) is 18.3 Å². The second-order valence-corrected chi connectivity index (χ2v) is 25.9. The normalized spacial score (nSPS) is 11.8. The van der Waals surface area contributed by atoms with Crippen LogP contribution in [0.3, 0.4) is 0 Å². The minimum Gasteiger partial charge on any atom is -0.309 e. The second kappa shape index (κ2) is 23.0. The van der Waals surface area contributed by atoms with Crippen LogP contribution in [0.25, 0.3) is 176 Å². The minimum absolute atomic E-state index is 0.236. The summed E-state index contributed by atoms with van der Waals surface area (Å²) < 4.78 is 23.3. The van der Waals surface area contributed by atoms with Crippen molar-refractivity contribution >= 4 is 109 Å². The van der Waals surface area contributed by atoms with Crippen LogP contribution in [0.1, 0.15) is 5.56 Å². The molecule has 0 spiro atoms. The molecular formula is C93H61FN4. The monoisotopic (exact) mass is 1250 g/mol. The molecule has 16 aromatic carbocycles. The summed E-state index contributed by atoms with van der Waals surface area (Å²) >= 11 is 0. The van der Waals surface area contributed by atoms with Gasteiger partial charge in [-0.1, -0.05) is 236 Å². The summed E-state index contributed by atoms with van der Waals surface area (Å²) in [6, 6.07) is 126. The maximum absolute atomic E-state index is 13.9. The Balaban J connectivity index is 0.000000137. The number of nitrogens with zero attached hydrogens (tertiary/aromatic N) is 4. The fourth-order valence-electron chi connectivity index (χ4n) is 15.3. The van der Waals surface area contributed by atoms with Crippen molar-refractivity contribution in [1.29, 1.82) is 0 Å². The predicted molar refractivity (Wildman–Crippen MR) is 412 cm³/mol. The van der Waals surface area contributed by atoms with Gasteiger partial charge in [0.25, 0.3) is 0 Å². The zero-order chi connectivity index (χ0) is 65.0. The lowest BCUT2D eigenvalue weighted by Crippen LogP contribution is -1.94. The zero-order valence-corrected chi connectivity index (χ0v) is 53.7. The first-order valence-electron chi connectivity index (χ1n) is 33.6. The Kier molecular flexibility index (Phi) is 13.3. The molecule has 0 radical (unpaired) electrons.